The van der Waals surface area contributed by atoms with Crippen molar-refractivity contribution < 1.29 is 31.1 Å². The van der Waals surface area contributed by atoms with Crippen molar-refractivity contribution >= 4 is 0 Å². The maximum atomic E-state index is 13.0. The van der Waals surface area contributed by atoms with Gasteiger partial charge in [0.2, 0.25) is 0 Å². The monoisotopic (exact) mass is 386 g/mol. The topological polar surface area (TPSA) is 37.9 Å². The number of alkyl halides is 6. The molecule has 3 rings (SSSR count). The number of methoxy groups -OCH3 is 1. The van der Waals surface area contributed by atoms with Crippen molar-refractivity contribution in [3.8, 4) is 28.4 Å². The van der Waals surface area contributed by atoms with Gasteiger partial charge >= 0.3 is 12.4 Å². The number of nitrogens with zero attached hydrogens (tertiary/aromatic N) is 1. The molecule has 3 aromatic rings. The van der Waals surface area contributed by atoms with E-state index in [1.54, 1.807) is 0 Å². The summed E-state index contributed by atoms with van der Waals surface area (Å²) in [6.45, 7) is 0. The first-order valence-electron chi connectivity index (χ1n) is 7.57. The standard InChI is InChI=1S/C18H12F6N2O/c1-27-14-7-11(6-13(8-14)18(22,23)24)16-25-9-15(26-16)10-3-2-4-12(5-10)17(19,20)21/h2-9H,1H3,(H,25,26). The van der Waals surface area contributed by atoms with Crippen LogP contribution in [0, 0.1) is 0 Å². The van der Waals surface area contributed by atoms with Gasteiger partial charge in [-0.05, 0) is 30.3 Å². The molecule has 1 N–H and O–H groups in total. The third-order valence-corrected chi connectivity index (χ3v) is 3.82. The second kappa shape index (κ2) is 6.64. The fourth-order valence-electron chi connectivity index (χ4n) is 2.49. The number of nitrogens with one attached hydrogen (secondary N) is 1. The van der Waals surface area contributed by atoms with Crippen LogP contribution in [0.1, 0.15) is 11.1 Å². The van der Waals surface area contributed by atoms with Gasteiger partial charge in [-0.3, -0.25) is 0 Å². The first-order chi connectivity index (χ1) is 12.6. The number of ether oxygens (including phenoxy) is 1. The summed E-state index contributed by atoms with van der Waals surface area (Å²) in [4.78, 5) is 6.75. The number of aromatic amines is 1. The predicted molar refractivity (Wildman–Crippen MR) is 86.0 cm³/mol. The molecular weight excluding hydrogens is 374 g/mol. The number of hydrogen-bond donors (Lipinski definition) is 1. The van der Waals surface area contributed by atoms with E-state index < -0.39 is 23.5 Å². The Hall–Kier alpha value is -2.97. The Morgan fingerprint density at radius 1 is 0.852 bits per heavy atom. The molecule has 0 aliphatic heterocycles. The molecule has 0 amide bonds. The molecule has 0 unspecified atom stereocenters. The molecule has 2 aromatic carbocycles. The van der Waals surface area contributed by atoms with Gasteiger partial charge in [0.1, 0.15) is 11.6 Å². The van der Waals surface area contributed by atoms with Crippen LogP contribution < -0.4 is 4.74 Å². The van der Waals surface area contributed by atoms with E-state index in [0.717, 1.165) is 24.3 Å². The highest BCUT2D eigenvalue weighted by atomic mass is 19.4. The number of halogens is 6. The Morgan fingerprint density at radius 3 is 2.15 bits per heavy atom. The second-order valence-corrected chi connectivity index (χ2v) is 5.67. The van der Waals surface area contributed by atoms with Crippen LogP contribution in [-0.4, -0.2) is 17.1 Å². The molecule has 0 saturated carbocycles. The molecule has 27 heavy (non-hydrogen) atoms. The molecule has 0 saturated heterocycles. The van der Waals surface area contributed by atoms with Gasteiger partial charge in [0.25, 0.3) is 0 Å². The van der Waals surface area contributed by atoms with Crippen LogP contribution in [0.2, 0.25) is 0 Å². The summed E-state index contributed by atoms with van der Waals surface area (Å²) >= 11 is 0. The number of benzene rings is 2. The lowest BCUT2D eigenvalue weighted by Crippen LogP contribution is -2.05. The number of imidazole rings is 1. The zero-order valence-electron chi connectivity index (χ0n) is 13.7. The molecule has 0 fully saturated rings. The van der Waals surface area contributed by atoms with Crippen LogP contribution in [0.3, 0.4) is 0 Å². The summed E-state index contributed by atoms with van der Waals surface area (Å²) in [5.41, 5.74) is -1.21. The lowest BCUT2D eigenvalue weighted by Gasteiger charge is -2.10. The molecule has 0 atom stereocenters. The van der Waals surface area contributed by atoms with E-state index in [4.69, 9.17) is 4.74 Å². The average Bonchev–Trinajstić information content (AvgIpc) is 3.10. The van der Waals surface area contributed by atoms with Crippen LogP contribution in [-0.2, 0) is 12.4 Å². The van der Waals surface area contributed by atoms with Gasteiger partial charge in [0, 0.05) is 11.1 Å². The van der Waals surface area contributed by atoms with E-state index in [1.807, 2.05) is 0 Å². The SMILES string of the molecule is COc1cc(-c2ncc(-c3cccc(C(F)(F)F)c3)[nH]2)cc(C(F)(F)F)c1. The lowest BCUT2D eigenvalue weighted by molar-refractivity contribution is -0.138. The maximum absolute atomic E-state index is 13.0. The summed E-state index contributed by atoms with van der Waals surface area (Å²) in [6, 6.07) is 7.63. The largest absolute Gasteiger partial charge is 0.497 e. The third-order valence-electron chi connectivity index (χ3n) is 3.82. The van der Waals surface area contributed by atoms with Crippen molar-refractivity contribution in [3.63, 3.8) is 0 Å². The molecule has 0 spiro atoms. The zero-order chi connectivity index (χ0) is 19.8. The van der Waals surface area contributed by atoms with Crippen LogP contribution in [0.15, 0.2) is 48.7 Å². The fraction of sp³-hybridized carbons (Fsp3) is 0.167. The summed E-state index contributed by atoms with van der Waals surface area (Å²) in [5, 5.41) is 0. The van der Waals surface area contributed by atoms with Gasteiger partial charge in [-0.1, -0.05) is 12.1 Å². The molecule has 0 bridgehead atoms. The third kappa shape index (κ3) is 4.07. The van der Waals surface area contributed by atoms with Gasteiger partial charge in [-0.25, -0.2) is 4.98 Å². The molecule has 142 valence electrons. The smallest absolute Gasteiger partial charge is 0.416 e. The Kier molecular flexibility index (Phi) is 4.63. The van der Waals surface area contributed by atoms with E-state index in [9.17, 15) is 26.3 Å². The zero-order valence-corrected chi connectivity index (χ0v) is 13.7. The van der Waals surface area contributed by atoms with Crippen molar-refractivity contribution in [1.29, 1.82) is 0 Å². The minimum absolute atomic E-state index is 0.0168. The Bertz CT molecular complexity index is 959. The lowest BCUT2D eigenvalue weighted by atomic mass is 10.1. The summed E-state index contributed by atoms with van der Waals surface area (Å²) in [5.74, 6) is 0.0589. The van der Waals surface area contributed by atoms with E-state index in [2.05, 4.69) is 9.97 Å². The fourth-order valence-corrected chi connectivity index (χ4v) is 2.49. The molecular formula is C18H12F6N2O. The van der Waals surface area contributed by atoms with Crippen molar-refractivity contribution in [3.05, 3.63) is 59.8 Å². The van der Waals surface area contributed by atoms with Gasteiger partial charge in [0.15, 0.2) is 0 Å². The van der Waals surface area contributed by atoms with Crippen molar-refractivity contribution in [1.82, 2.24) is 9.97 Å². The van der Waals surface area contributed by atoms with E-state index in [1.165, 1.54) is 31.5 Å². The summed E-state index contributed by atoms with van der Waals surface area (Å²) in [6.07, 6.45) is -7.83. The molecule has 1 aromatic heterocycles. The van der Waals surface area contributed by atoms with Crippen molar-refractivity contribution in [2.75, 3.05) is 7.11 Å². The molecule has 0 radical (unpaired) electrons. The predicted octanol–water partition coefficient (Wildman–Crippen LogP) is 5.79. The highest BCUT2D eigenvalue weighted by Crippen LogP contribution is 2.36. The number of rotatable bonds is 3. The highest BCUT2D eigenvalue weighted by Gasteiger charge is 2.32. The van der Waals surface area contributed by atoms with Gasteiger partial charge in [-0.15, -0.1) is 0 Å². The normalized spacial score (nSPS) is 12.3. The molecule has 1 heterocycles. The van der Waals surface area contributed by atoms with Crippen molar-refractivity contribution in [2.45, 2.75) is 12.4 Å². The minimum atomic E-state index is -4.58. The quantitative estimate of drug-likeness (QED) is 0.579. The van der Waals surface area contributed by atoms with Gasteiger partial charge in [-0.2, -0.15) is 26.3 Å². The van der Waals surface area contributed by atoms with Crippen LogP contribution in [0.5, 0.6) is 5.75 Å². The number of aromatic nitrogens is 2. The minimum Gasteiger partial charge on any atom is -0.497 e. The Balaban J connectivity index is 2.02. The summed E-state index contributed by atoms with van der Waals surface area (Å²) in [7, 11) is 1.23. The Labute approximate surface area is 149 Å². The average molecular weight is 386 g/mol. The molecule has 9 heteroatoms. The Morgan fingerprint density at radius 2 is 1.52 bits per heavy atom. The van der Waals surface area contributed by atoms with Gasteiger partial charge in [0.05, 0.1) is 30.1 Å². The first kappa shape index (κ1) is 18.8. The first-order valence-corrected chi connectivity index (χ1v) is 7.57. The summed E-state index contributed by atoms with van der Waals surface area (Å²) < 4.78 is 82.5. The molecule has 3 nitrogen and oxygen atoms in total. The van der Waals surface area contributed by atoms with E-state index in [0.29, 0.717) is 0 Å². The number of H-pyrrole nitrogens is 1. The molecule has 0 aliphatic rings. The van der Waals surface area contributed by atoms with Gasteiger partial charge < -0.3 is 9.72 Å². The van der Waals surface area contributed by atoms with E-state index >= 15 is 0 Å². The highest BCUT2D eigenvalue weighted by molar-refractivity contribution is 5.66. The van der Waals surface area contributed by atoms with Crippen molar-refractivity contribution in [2.24, 2.45) is 0 Å². The van der Waals surface area contributed by atoms with Crippen LogP contribution in [0.4, 0.5) is 26.3 Å². The number of hydrogen-bond acceptors (Lipinski definition) is 2. The second-order valence-electron chi connectivity index (χ2n) is 5.67. The van der Waals surface area contributed by atoms with E-state index in [-0.39, 0.29) is 28.4 Å². The van der Waals surface area contributed by atoms with Crippen LogP contribution >= 0.6 is 0 Å². The maximum Gasteiger partial charge on any atom is 0.416 e. The molecule has 0 aliphatic carbocycles. The van der Waals surface area contributed by atoms with Crippen LogP contribution in [0.25, 0.3) is 22.6 Å².